The Balaban J connectivity index is 1.85. The summed E-state index contributed by atoms with van der Waals surface area (Å²) in [6.45, 7) is 0. The van der Waals surface area contributed by atoms with Gasteiger partial charge in [0.15, 0.2) is 0 Å². The zero-order valence-corrected chi connectivity index (χ0v) is 18.8. The van der Waals surface area contributed by atoms with E-state index in [-0.39, 0.29) is 27.1 Å². The highest BCUT2D eigenvalue weighted by molar-refractivity contribution is 6.31. The van der Waals surface area contributed by atoms with Crippen LogP contribution in [0.25, 0.3) is 0 Å². The zero-order valence-electron chi connectivity index (χ0n) is 18.0. The number of halogens is 5. The SMILES string of the molecule is COc1ccc(Cl)cc1C1(F)C(=O)N(C(=O)Oc2ccc([N+](=O)[O-])cc2)c2cc(C(F)(F)F)ccc21. The van der Waals surface area contributed by atoms with Crippen LogP contribution in [-0.4, -0.2) is 24.0 Å². The summed E-state index contributed by atoms with van der Waals surface area (Å²) < 4.78 is 67.1. The summed E-state index contributed by atoms with van der Waals surface area (Å²) in [7, 11) is 1.18. The Morgan fingerprint density at radius 2 is 1.72 bits per heavy atom. The summed E-state index contributed by atoms with van der Waals surface area (Å²) in [4.78, 5) is 36.6. The Morgan fingerprint density at radius 3 is 2.31 bits per heavy atom. The lowest BCUT2D eigenvalue weighted by molar-refractivity contribution is -0.384. The first-order valence-electron chi connectivity index (χ1n) is 9.93. The number of imide groups is 1. The Hall–Kier alpha value is -4.19. The summed E-state index contributed by atoms with van der Waals surface area (Å²) in [5, 5.41) is 10.8. The van der Waals surface area contributed by atoms with Crippen molar-refractivity contribution in [3.63, 3.8) is 0 Å². The van der Waals surface area contributed by atoms with Crippen LogP contribution in [0.5, 0.6) is 11.5 Å². The highest BCUT2D eigenvalue weighted by atomic mass is 35.5. The van der Waals surface area contributed by atoms with Crippen molar-refractivity contribution in [1.29, 1.82) is 0 Å². The number of nitrogens with zero attached hydrogens (tertiary/aromatic N) is 2. The summed E-state index contributed by atoms with van der Waals surface area (Å²) in [5.41, 5.74) is -6.45. The van der Waals surface area contributed by atoms with Gasteiger partial charge in [-0.25, -0.2) is 14.1 Å². The molecule has 13 heteroatoms. The molecular weight excluding hydrogens is 512 g/mol. The number of anilines is 1. The third-order valence-electron chi connectivity index (χ3n) is 5.40. The molecule has 0 saturated heterocycles. The number of nitro groups is 1. The number of benzene rings is 3. The molecule has 4 rings (SSSR count). The number of ether oxygens (including phenoxy) is 2. The van der Waals surface area contributed by atoms with Crippen LogP contribution in [0, 0.1) is 10.1 Å². The van der Waals surface area contributed by atoms with E-state index in [0.29, 0.717) is 12.1 Å². The van der Waals surface area contributed by atoms with E-state index in [1.54, 1.807) is 0 Å². The molecule has 1 unspecified atom stereocenters. The first kappa shape index (κ1) is 24.9. The Labute approximate surface area is 204 Å². The fourth-order valence-corrected chi connectivity index (χ4v) is 3.91. The van der Waals surface area contributed by atoms with E-state index in [1.165, 1.54) is 19.2 Å². The lowest BCUT2D eigenvalue weighted by atomic mass is 9.88. The van der Waals surface area contributed by atoms with Crippen LogP contribution in [0.4, 0.5) is 33.7 Å². The molecule has 0 fully saturated rings. The number of amides is 2. The van der Waals surface area contributed by atoms with Crippen LogP contribution in [0.2, 0.25) is 5.02 Å². The van der Waals surface area contributed by atoms with Crippen molar-refractivity contribution in [2.45, 2.75) is 11.8 Å². The van der Waals surface area contributed by atoms with Gasteiger partial charge in [0.2, 0.25) is 5.67 Å². The second kappa shape index (κ2) is 8.79. The second-order valence-corrected chi connectivity index (χ2v) is 7.93. The predicted octanol–water partition coefficient (Wildman–Crippen LogP) is 6.03. The van der Waals surface area contributed by atoms with Crippen molar-refractivity contribution in [2.75, 3.05) is 12.0 Å². The van der Waals surface area contributed by atoms with Crippen molar-refractivity contribution >= 4 is 35.0 Å². The number of fused-ring (bicyclic) bond motifs is 1. The van der Waals surface area contributed by atoms with E-state index in [9.17, 15) is 32.9 Å². The molecule has 2 amide bonds. The van der Waals surface area contributed by atoms with Crippen LogP contribution in [0.1, 0.15) is 16.7 Å². The van der Waals surface area contributed by atoms with E-state index in [1.807, 2.05) is 0 Å². The number of alkyl halides is 4. The monoisotopic (exact) mass is 524 g/mol. The van der Waals surface area contributed by atoms with Gasteiger partial charge in [-0.2, -0.15) is 13.2 Å². The van der Waals surface area contributed by atoms with Gasteiger partial charge in [0.05, 0.1) is 23.3 Å². The average molecular weight is 525 g/mol. The van der Waals surface area contributed by atoms with Crippen LogP contribution in [-0.2, 0) is 16.6 Å². The van der Waals surface area contributed by atoms with Gasteiger partial charge in [0.1, 0.15) is 11.5 Å². The summed E-state index contributed by atoms with van der Waals surface area (Å²) in [6, 6.07) is 9.50. The topological polar surface area (TPSA) is 99.0 Å². The maximum atomic E-state index is 16.7. The number of carbonyl (C=O) groups excluding carboxylic acids is 2. The molecule has 0 aliphatic carbocycles. The molecule has 0 radical (unpaired) electrons. The van der Waals surface area contributed by atoms with Crippen LogP contribution >= 0.6 is 11.6 Å². The largest absolute Gasteiger partial charge is 0.496 e. The van der Waals surface area contributed by atoms with Gasteiger partial charge in [-0.1, -0.05) is 17.7 Å². The first-order chi connectivity index (χ1) is 16.9. The zero-order chi connectivity index (χ0) is 26.4. The average Bonchev–Trinajstić information content (AvgIpc) is 3.05. The van der Waals surface area contributed by atoms with Gasteiger partial charge >= 0.3 is 12.3 Å². The number of hydrogen-bond acceptors (Lipinski definition) is 6. The molecule has 8 nitrogen and oxygen atoms in total. The molecule has 1 aliphatic heterocycles. The molecule has 186 valence electrons. The van der Waals surface area contributed by atoms with E-state index in [0.717, 1.165) is 36.4 Å². The maximum absolute atomic E-state index is 16.7. The molecule has 0 N–H and O–H groups in total. The van der Waals surface area contributed by atoms with E-state index in [4.69, 9.17) is 21.1 Å². The van der Waals surface area contributed by atoms with Gasteiger partial charge in [-0.05, 0) is 42.5 Å². The number of methoxy groups -OCH3 is 1. The molecule has 3 aromatic carbocycles. The van der Waals surface area contributed by atoms with Gasteiger partial charge in [0.25, 0.3) is 11.6 Å². The van der Waals surface area contributed by atoms with Crippen molar-refractivity contribution in [3.8, 4) is 11.5 Å². The minimum absolute atomic E-state index is 0.00371. The normalized spacial score (nSPS) is 17.1. The predicted molar refractivity (Wildman–Crippen MR) is 118 cm³/mol. The third kappa shape index (κ3) is 4.09. The smallest absolute Gasteiger partial charge is 0.426 e. The molecule has 0 saturated carbocycles. The standard InChI is InChI=1S/C23H13ClF4N2O6/c1-35-19-9-3-13(24)11-17(19)22(25)16-8-2-12(23(26,27)28)10-18(16)29(20(22)31)21(32)36-15-6-4-14(5-7-15)30(33)34/h2-11H,1H3. The summed E-state index contributed by atoms with van der Waals surface area (Å²) in [5.74, 6) is -1.99. The highest BCUT2D eigenvalue weighted by Gasteiger charge is 2.57. The molecular formula is C23H13ClF4N2O6. The number of carbonyl (C=O) groups is 2. The number of non-ortho nitro benzene ring substituents is 1. The maximum Gasteiger partial charge on any atom is 0.426 e. The minimum atomic E-state index is -4.87. The van der Waals surface area contributed by atoms with Gasteiger partial charge < -0.3 is 9.47 Å². The van der Waals surface area contributed by atoms with E-state index >= 15 is 4.39 Å². The molecule has 0 bridgehead atoms. The molecule has 36 heavy (non-hydrogen) atoms. The van der Waals surface area contributed by atoms with Gasteiger partial charge in [-0.15, -0.1) is 0 Å². The Morgan fingerprint density at radius 1 is 1.06 bits per heavy atom. The van der Waals surface area contributed by atoms with Crippen molar-refractivity contribution in [1.82, 2.24) is 0 Å². The minimum Gasteiger partial charge on any atom is -0.496 e. The third-order valence-corrected chi connectivity index (χ3v) is 5.64. The van der Waals surface area contributed by atoms with Crippen LogP contribution in [0.15, 0.2) is 60.7 Å². The Kier molecular flexibility index (Phi) is 6.08. The number of hydrogen-bond donors (Lipinski definition) is 0. The Bertz CT molecular complexity index is 1400. The lowest BCUT2D eigenvalue weighted by Gasteiger charge is -2.22. The summed E-state index contributed by atoms with van der Waals surface area (Å²) >= 11 is 5.98. The molecule has 1 aliphatic rings. The van der Waals surface area contributed by atoms with Crippen molar-refractivity contribution in [3.05, 3.63) is 92.5 Å². The first-order valence-corrected chi connectivity index (χ1v) is 10.3. The molecule has 1 atom stereocenters. The van der Waals surface area contributed by atoms with E-state index in [2.05, 4.69) is 0 Å². The van der Waals surface area contributed by atoms with Crippen molar-refractivity contribution in [2.24, 2.45) is 0 Å². The number of nitro benzene ring substituents is 1. The second-order valence-electron chi connectivity index (χ2n) is 7.49. The fraction of sp³-hybridized carbons (Fsp3) is 0.130. The molecule has 0 spiro atoms. The molecule has 0 aromatic heterocycles. The quantitative estimate of drug-likeness (QED) is 0.235. The highest BCUT2D eigenvalue weighted by Crippen LogP contribution is 2.51. The van der Waals surface area contributed by atoms with E-state index < -0.39 is 51.1 Å². The van der Waals surface area contributed by atoms with Gasteiger partial charge in [-0.3, -0.25) is 14.9 Å². The van der Waals surface area contributed by atoms with Crippen LogP contribution < -0.4 is 14.4 Å². The van der Waals surface area contributed by atoms with Gasteiger partial charge in [0, 0.05) is 28.3 Å². The fourth-order valence-electron chi connectivity index (χ4n) is 3.74. The summed E-state index contributed by atoms with van der Waals surface area (Å²) in [6.07, 6.45) is -6.41. The van der Waals surface area contributed by atoms with Crippen LogP contribution in [0.3, 0.4) is 0 Å². The number of rotatable bonds is 4. The molecule has 3 aromatic rings. The van der Waals surface area contributed by atoms with Crippen molar-refractivity contribution < 1.29 is 41.5 Å². The molecule has 1 heterocycles. The lowest BCUT2D eigenvalue weighted by Crippen LogP contribution is -2.43.